The summed E-state index contributed by atoms with van der Waals surface area (Å²) in [5.74, 6) is -0.661. The summed E-state index contributed by atoms with van der Waals surface area (Å²) < 4.78 is 6.95. The van der Waals surface area contributed by atoms with Gasteiger partial charge in [-0.1, -0.05) is 66.7 Å². The molecule has 0 saturated heterocycles. The van der Waals surface area contributed by atoms with E-state index in [1.165, 1.54) is 7.11 Å². The third kappa shape index (κ3) is 3.80. The quantitative estimate of drug-likeness (QED) is 0.452. The molecule has 4 aromatic rings. The number of hydrogen-bond donors (Lipinski definition) is 1. The molecule has 0 saturated carbocycles. The summed E-state index contributed by atoms with van der Waals surface area (Å²) in [6.07, 6.45) is 3.61. The molecule has 0 radical (unpaired) electrons. The van der Waals surface area contributed by atoms with Gasteiger partial charge in [0.15, 0.2) is 5.78 Å². The second-order valence-corrected chi connectivity index (χ2v) is 7.99. The minimum Gasteiger partial charge on any atom is -0.465 e. The summed E-state index contributed by atoms with van der Waals surface area (Å²) in [6, 6.07) is 24.8. The van der Waals surface area contributed by atoms with Crippen molar-refractivity contribution in [3.63, 3.8) is 0 Å². The van der Waals surface area contributed by atoms with Crippen LogP contribution in [0.1, 0.15) is 49.6 Å². The molecule has 2 atom stereocenters. The number of ketones is 1. The Balaban J connectivity index is 1.64. The van der Waals surface area contributed by atoms with E-state index in [4.69, 9.17) is 4.74 Å². The molecule has 2 unspecified atom stereocenters. The van der Waals surface area contributed by atoms with Crippen LogP contribution in [0.5, 0.6) is 0 Å². The molecule has 0 aliphatic carbocycles. The number of nitrogens with one attached hydrogen (secondary N) is 1. The number of aromatic nitrogens is 2. The molecule has 164 valence electrons. The van der Waals surface area contributed by atoms with Crippen LogP contribution in [0.4, 0.5) is 5.69 Å². The molecule has 0 amide bonds. The lowest BCUT2D eigenvalue weighted by Crippen LogP contribution is -2.35. The minimum atomic E-state index is -0.621. The number of ether oxygens (including phenoxy) is 1. The number of methoxy groups -OCH3 is 1. The van der Waals surface area contributed by atoms with Gasteiger partial charge in [0.25, 0.3) is 0 Å². The van der Waals surface area contributed by atoms with Crippen molar-refractivity contribution in [1.82, 2.24) is 9.55 Å². The molecule has 2 heterocycles. The van der Waals surface area contributed by atoms with Gasteiger partial charge in [0.1, 0.15) is 11.7 Å². The fraction of sp³-hybridized carbons (Fsp3) is 0.148. The summed E-state index contributed by atoms with van der Waals surface area (Å²) in [5.41, 5.74) is 3.30. The van der Waals surface area contributed by atoms with E-state index in [0.29, 0.717) is 23.6 Å². The lowest BCUT2D eigenvalue weighted by Gasteiger charge is -2.34. The summed E-state index contributed by atoms with van der Waals surface area (Å²) in [5, 5.41) is 3.51. The SMILES string of the molecule is COC(=O)c1cccc2c1C(=O)C(c1nccn1Cc1ccccc1)C(c1ccccc1)N2. The Hall–Kier alpha value is -4.19. The van der Waals surface area contributed by atoms with Gasteiger partial charge in [-0.3, -0.25) is 4.79 Å². The van der Waals surface area contributed by atoms with E-state index in [-0.39, 0.29) is 17.4 Å². The Morgan fingerprint density at radius 1 is 1.00 bits per heavy atom. The van der Waals surface area contributed by atoms with E-state index < -0.39 is 11.9 Å². The number of anilines is 1. The number of carbonyl (C=O) groups excluding carboxylic acids is 2. The number of benzene rings is 3. The highest BCUT2D eigenvalue weighted by Crippen LogP contribution is 2.43. The van der Waals surface area contributed by atoms with Gasteiger partial charge in [-0.05, 0) is 23.3 Å². The van der Waals surface area contributed by atoms with Crippen molar-refractivity contribution in [3.8, 4) is 0 Å². The first kappa shape index (κ1) is 20.7. The molecule has 6 heteroatoms. The second-order valence-electron chi connectivity index (χ2n) is 7.99. The van der Waals surface area contributed by atoms with Crippen LogP contribution in [0.15, 0.2) is 91.3 Å². The average molecular weight is 437 g/mol. The Morgan fingerprint density at radius 2 is 1.73 bits per heavy atom. The number of hydrogen-bond acceptors (Lipinski definition) is 5. The van der Waals surface area contributed by atoms with Gasteiger partial charge in [-0.25, -0.2) is 9.78 Å². The minimum absolute atomic E-state index is 0.154. The van der Waals surface area contributed by atoms with Crippen LogP contribution in [0.25, 0.3) is 0 Å². The van der Waals surface area contributed by atoms with Gasteiger partial charge in [-0.2, -0.15) is 0 Å². The molecule has 1 aliphatic rings. The van der Waals surface area contributed by atoms with Crippen molar-refractivity contribution < 1.29 is 14.3 Å². The smallest absolute Gasteiger partial charge is 0.338 e. The van der Waals surface area contributed by atoms with Gasteiger partial charge in [0.2, 0.25) is 0 Å². The van der Waals surface area contributed by atoms with Crippen LogP contribution >= 0.6 is 0 Å². The molecule has 33 heavy (non-hydrogen) atoms. The number of fused-ring (bicyclic) bond motifs is 1. The Kier molecular flexibility index (Phi) is 5.48. The summed E-state index contributed by atoms with van der Waals surface area (Å²) >= 11 is 0. The molecule has 5 rings (SSSR count). The van der Waals surface area contributed by atoms with Crippen LogP contribution in [-0.2, 0) is 11.3 Å². The molecule has 1 aromatic heterocycles. The highest BCUT2D eigenvalue weighted by atomic mass is 16.5. The Bertz CT molecular complexity index is 1300. The number of rotatable bonds is 5. The number of nitrogens with zero attached hydrogens (tertiary/aromatic N) is 2. The van der Waals surface area contributed by atoms with Crippen LogP contribution in [-0.4, -0.2) is 28.4 Å². The maximum atomic E-state index is 14.0. The first-order valence-corrected chi connectivity index (χ1v) is 10.8. The number of imidazole rings is 1. The molecule has 1 N–H and O–H groups in total. The van der Waals surface area contributed by atoms with Crippen LogP contribution in [0.3, 0.4) is 0 Å². The zero-order valence-electron chi connectivity index (χ0n) is 18.1. The van der Waals surface area contributed by atoms with Crippen molar-refractivity contribution >= 4 is 17.4 Å². The zero-order valence-corrected chi connectivity index (χ0v) is 18.1. The predicted molar refractivity (Wildman–Crippen MR) is 125 cm³/mol. The van der Waals surface area contributed by atoms with Crippen LogP contribution in [0, 0.1) is 0 Å². The molecule has 6 nitrogen and oxygen atoms in total. The van der Waals surface area contributed by atoms with E-state index in [0.717, 1.165) is 11.1 Å². The van der Waals surface area contributed by atoms with Gasteiger partial charge in [-0.15, -0.1) is 0 Å². The maximum absolute atomic E-state index is 14.0. The normalized spacial score (nSPS) is 17.2. The molecular formula is C27H23N3O3. The predicted octanol–water partition coefficient (Wildman–Crippen LogP) is 4.85. The molecule has 0 bridgehead atoms. The molecule has 1 aliphatic heterocycles. The third-order valence-electron chi connectivity index (χ3n) is 6.02. The van der Waals surface area contributed by atoms with E-state index in [2.05, 4.69) is 10.3 Å². The van der Waals surface area contributed by atoms with Gasteiger partial charge in [0.05, 0.1) is 24.3 Å². The molecule has 3 aromatic carbocycles. The van der Waals surface area contributed by atoms with E-state index in [9.17, 15) is 9.59 Å². The van der Waals surface area contributed by atoms with Crippen LogP contribution in [0.2, 0.25) is 0 Å². The lowest BCUT2D eigenvalue weighted by molar-refractivity contribution is 0.0596. The van der Waals surface area contributed by atoms with Gasteiger partial charge >= 0.3 is 5.97 Å². The monoisotopic (exact) mass is 437 g/mol. The number of carbonyl (C=O) groups is 2. The van der Waals surface area contributed by atoms with Gasteiger partial charge in [0, 0.05) is 24.6 Å². The molecular weight excluding hydrogens is 414 g/mol. The van der Waals surface area contributed by atoms with Crippen molar-refractivity contribution in [1.29, 1.82) is 0 Å². The maximum Gasteiger partial charge on any atom is 0.338 e. The fourth-order valence-corrected chi connectivity index (χ4v) is 4.49. The number of Topliss-reactive ketones (excluding diaryl/α,β-unsaturated/α-hetero) is 1. The summed E-state index contributed by atoms with van der Waals surface area (Å²) in [7, 11) is 1.32. The first-order chi connectivity index (χ1) is 16.2. The lowest BCUT2D eigenvalue weighted by atomic mass is 9.80. The van der Waals surface area contributed by atoms with Gasteiger partial charge < -0.3 is 14.6 Å². The van der Waals surface area contributed by atoms with E-state index in [1.54, 1.807) is 18.3 Å². The van der Waals surface area contributed by atoms with E-state index >= 15 is 0 Å². The number of esters is 1. The van der Waals surface area contributed by atoms with Crippen molar-refractivity contribution in [3.05, 3.63) is 119 Å². The topological polar surface area (TPSA) is 73.2 Å². The highest BCUT2D eigenvalue weighted by Gasteiger charge is 2.41. The molecule has 0 spiro atoms. The van der Waals surface area contributed by atoms with E-state index in [1.807, 2.05) is 77.5 Å². The third-order valence-corrected chi connectivity index (χ3v) is 6.02. The first-order valence-electron chi connectivity index (χ1n) is 10.8. The standard InChI is InChI=1S/C27H23N3O3/c1-33-27(32)20-13-8-14-21-22(20)25(31)23(24(29-21)19-11-6-3-7-12-19)26-28-15-16-30(26)17-18-9-4-2-5-10-18/h2-16,23-24,29H,17H2,1H3. The molecule has 0 fully saturated rings. The largest absolute Gasteiger partial charge is 0.465 e. The zero-order chi connectivity index (χ0) is 22.8. The Morgan fingerprint density at radius 3 is 2.45 bits per heavy atom. The van der Waals surface area contributed by atoms with Crippen molar-refractivity contribution in [2.75, 3.05) is 12.4 Å². The average Bonchev–Trinajstić information content (AvgIpc) is 3.31. The van der Waals surface area contributed by atoms with Crippen molar-refractivity contribution in [2.45, 2.75) is 18.5 Å². The highest BCUT2D eigenvalue weighted by molar-refractivity contribution is 6.14. The summed E-state index contributed by atoms with van der Waals surface area (Å²) in [4.78, 5) is 31.1. The fourth-order valence-electron chi connectivity index (χ4n) is 4.49. The Labute approximate surface area is 191 Å². The van der Waals surface area contributed by atoms with Crippen LogP contribution < -0.4 is 5.32 Å². The summed E-state index contributed by atoms with van der Waals surface area (Å²) in [6.45, 7) is 0.590. The van der Waals surface area contributed by atoms with Crippen molar-refractivity contribution in [2.24, 2.45) is 0 Å². The second kappa shape index (κ2) is 8.74.